The number of carbonyl (C=O) groups is 1. The third kappa shape index (κ3) is 4.49. The largest absolute Gasteiger partial charge is 0.311 e. The maximum Gasteiger partial charge on any atom is 0.231 e. The molecule has 0 atom stereocenters. The minimum absolute atomic E-state index is 0.123. The van der Waals surface area contributed by atoms with Crippen molar-refractivity contribution < 1.29 is 4.79 Å². The molecule has 4 aromatic heterocycles. The number of aromatic nitrogens is 4. The molecule has 0 aliphatic heterocycles. The number of amides is 1. The second-order valence-corrected chi connectivity index (χ2v) is 8.46. The van der Waals surface area contributed by atoms with E-state index in [-0.39, 0.29) is 12.3 Å². The van der Waals surface area contributed by atoms with Crippen molar-refractivity contribution in [3.05, 3.63) is 68.5 Å². The molecule has 4 aromatic rings. The van der Waals surface area contributed by atoms with E-state index in [4.69, 9.17) is 0 Å². The van der Waals surface area contributed by atoms with Crippen molar-refractivity contribution in [3.8, 4) is 10.7 Å². The fourth-order valence-corrected chi connectivity index (χ4v) is 4.72. The van der Waals surface area contributed by atoms with Crippen LogP contribution in [-0.4, -0.2) is 25.7 Å². The number of hydrogen-bond donors (Lipinski definition) is 1. The topological polar surface area (TPSA) is 72.7 Å². The van der Waals surface area contributed by atoms with Gasteiger partial charge in [-0.1, -0.05) is 6.07 Å². The number of nitrogens with zero attached hydrogens (tertiary/aromatic N) is 4. The summed E-state index contributed by atoms with van der Waals surface area (Å²) in [5.41, 5.74) is 1.54. The van der Waals surface area contributed by atoms with E-state index in [1.54, 1.807) is 34.5 Å². The number of carbonyl (C=O) groups excluding carboxylic acids is 1. The average Bonchev–Trinajstić information content (AvgIpc) is 3.39. The van der Waals surface area contributed by atoms with Crippen molar-refractivity contribution in [2.24, 2.45) is 0 Å². The van der Waals surface area contributed by atoms with Gasteiger partial charge in [-0.05, 0) is 34.1 Å². The zero-order valence-electron chi connectivity index (χ0n) is 14.0. The summed E-state index contributed by atoms with van der Waals surface area (Å²) in [6.45, 7) is 0.611. The molecular weight excluding hydrogens is 446 g/mol. The summed E-state index contributed by atoms with van der Waals surface area (Å²) in [5.74, 6) is 0.548. The van der Waals surface area contributed by atoms with E-state index >= 15 is 0 Å². The molecule has 0 aliphatic rings. The predicted molar refractivity (Wildman–Crippen MR) is 111 cm³/mol. The van der Waals surface area contributed by atoms with E-state index in [9.17, 15) is 4.79 Å². The molecule has 0 spiro atoms. The maximum absolute atomic E-state index is 12.4. The summed E-state index contributed by atoms with van der Waals surface area (Å²) in [4.78, 5) is 22.4. The Morgan fingerprint density at radius 1 is 1.19 bits per heavy atom. The number of thiophene rings is 1. The van der Waals surface area contributed by atoms with Crippen LogP contribution in [0.4, 0.5) is 5.82 Å². The Morgan fingerprint density at radius 2 is 2.11 bits per heavy atom. The number of nitrogens with one attached hydrogen (secondary N) is 1. The second-order valence-electron chi connectivity index (χ2n) is 5.69. The van der Waals surface area contributed by atoms with E-state index in [0.717, 1.165) is 25.7 Å². The van der Waals surface area contributed by atoms with Crippen LogP contribution in [0.1, 0.15) is 10.6 Å². The molecule has 4 rings (SSSR count). The van der Waals surface area contributed by atoms with Crippen LogP contribution in [-0.2, 0) is 17.8 Å². The van der Waals surface area contributed by atoms with Crippen LogP contribution in [0.25, 0.3) is 10.7 Å². The molecule has 0 saturated heterocycles. The van der Waals surface area contributed by atoms with Crippen LogP contribution in [0, 0.1) is 0 Å². The van der Waals surface area contributed by atoms with Crippen LogP contribution in [0.15, 0.2) is 58.0 Å². The highest BCUT2D eigenvalue weighted by Gasteiger charge is 2.12. The van der Waals surface area contributed by atoms with Crippen molar-refractivity contribution in [1.29, 1.82) is 0 Å². The number of hydrogen-bond acceptors (Lipinski definition) is 6. The molecule has 0 aliphatic carbocycles. The molecule has 27 heavy (non-hydrogen) atoms. The maximum atomic E-state index is 12.4. The zero-order chi connectivity index (χ0) is 18.6. The Balaban J connectivity index is 1.40. The quantitative estimate of drug-likeness (QED) is 0.461. The van der Waals surface area contributed by atoms with E-state index < -0.39 is 0 Å². The highest BCUT2D eigenvalue weighted by Crippen LogP contribution is 2.23. The van der Waals surface area contributed by atoms with Crippen molar-refractivity contribution >= 4 is 50.3 Å². The number of thiazole rings is 1. The smallest absolute Gasteiger partial charge is 0.231 e. The predicted octanol–water partition coefficient (Wildman–Crippen LogP) is 4.46. The molecule has 0 saturated carbocycles. The molecule has 0 fully saturated rings. The summed E-state index contributed by atoms with van der Waals surface area (Å²) in [6.07, 6.45) is 3.62. The molecular formula is C18H14BrN5OS2. The van der Waals surface area contributed by atoms with Gasteiger partial charge < -0.3 is 5.32 Å². The van der Waals surface area contributed by atoms with Gasteiger partial charge in [-0.3, -0.25) is 9.78 Å². The molecule has 1 amide bonds. The van der Waals surface area contributed by atoms with Crippen LogP contribution in [0.3, 0.4) is 0 Å². The summed E-state index contributed by atoms with van der Waals surface area (Å²) >= 11 is 6.58. The van der Waals surface area contributed by atoms with E-state index in [1.807, 2.05) is 35.0 Å². The lowest BCUT2D eigenvalue weighted by Crippen LogP contribution is -2.18. The van der Waals surface area contributed by atoms with Gasteiger partial charge in [0, 0.05) is 32.4 Å². The first-order chi connectivity index (χ1) is 13.2. The molecule has 4 heterocycles. The van der Waals surface area contributed by atoms with Crippen LogP contribution in [0.2, 0.25) is 0 Å². The first-order valence-electron chi connectivity index (χ1n) is 8.08. The molecule has 9 heteroatoms. The third-order valence-corrected chi connectivity index (χ3v) is 6.28. The lowest BCUT2D eigenvalue weighted by molar-refractivity contribution is -0.115. The number of anilines is 1. The van der Waals surface area contributed by atoms with Crippen LogP contribution < -0.4 is 5.32 Å². The van der Waals surface area contributed by atoms with Gasteiger partial charge in [-0.15, -0.1) is 22.7 Å². The fourth-order valence-electron chi connectivity index (χ4n) is 2.50. The summed E-state index contributed by atoms with van der Waals surface area (Å²) in [6, 6.07) is 9.53. The standard InChI is InChI=1S/C18H14BrN5OS2/c19-12-7-14(26-10-12)9-24-16(4-6-21-24)23-17(25)8-13-11-27-18(22-13)15-3-1-2-5-20-15/h1-7,10-11H,8-9H2,(H,23,25). The minimum Gasteiger partial charge on any atom is -0.311 e. The summed E-state index contributed by atoms with van der Waals surface area (Å²) in [5, 5.41) is 11.9. The normalized spacial score (nSPS) is 10.9. The SMILES string of the molecule is O=C(Cc1csc(-c2ccccn2)n1)Nc1ccnn1Cc1cc(Br)cs1. The van der Waals surface area contributed by atoms with E-state index in [0.29, 0.717) is 12.4 Å². The molecule has 1 N–H and O–H groups in total. The average molecular weight is 460 g/mol. The van der Waals surface area contributed by atoms with Gasteiger partial charge in [-0.25, -0.2) is 9.67 Å². The zero-order valence-corrected chi connectivity index (χ0v) is 17.2. The Bertz CT molecular complexity index is 1060. The lowest BCUT2D eigenvalue weighted by Gasteiger charge is -2.07. The van der Waals surface area contributed by atoms with E-state index in [1.165, 1.54) is 11.3 Å². The van der Waals surface area contributed by atoms with Gasteiger partial charge in [0.15, 0.2) is 0 Å². The minimum atomic E-state index is -0.123. The molecule has 6 nitrogen and oxygen atoms in total. The van der Waals surface area contributed by atoms with Crippen LogP contribution in [0.5, 0.6) is 0 Å². The summed E-state index contributed by atoms with van der Waals surface area (Å²) < 4.78 is 2.82. The Kier molecular flexibility index (Phi) is 5.42. The van der Waals surface area contributed by atoms with Crippen molar-refractivity contribution in [3.63, 3.8) is 0 Å². The van der Waals surface area contributed by atoms with Gasteiger partial charge in [-0.2, -0.15) is 5.10 Å². The summed E-state index contributed by atoms with van der Waals surface area (Å²) in [7, 11) is 0. The number of halogens is 1. The third-order valence-electron chi connectivity index (χ3n) is 3.69. The molecule has 0 bridgehead atoms. The van der Waals surface area contributed by atoms with Gasteiger partial charge >= 0.3 is 0 Å². The number of pyridine rings is 1. The van der Waals surface area contributed by atoms with Crippen molar-refractivity contribution in [1.82, 2.24) is 19.7 Å². The lowest BCUT2D eigenvalue weighted by atomic mass is 10.3. The highest BCUT2D eigenvalue weighted by molar-refractivity contribution is 9.10. The van der Waals surface area contributed by atoms with Gasteiger partial charge in [0.25, 0.3) is 0 Å². The molecule has 0 unspecified atom stereocenters. The van der Waals surface area contributed by atoms with Crippen molar-refractivity contribution in [2.75, 3.05) is 5.32 Å². The van der Waals surface area contributed by atoms with Gasteiger partial charge in [0.1, 0.15) is 10.8 Å². The Labute approximate surface area is 172 Å². The second kappa shape index (κ2) is 8.12. The van der Waals surface area contributed by atoms with Gasteiger partial charge in [0.2, 0.25) is 5.91 Å². The molecule has 136 valence electrons. The number of rotatable bonds is 6. The van der Waals surface area contributed by atoms with Crippen LogP contribution >= 0.6 is 38.6 Å². The Hall–Kier alpha value is -2.36. The molecule has 0 radical (unpaired) electrons. The monoisotopic (exact) mass is 459 g/mol. The molecule has 0 aromatic carbocycles. The van der Waals surface area contributed by atoms with Crippen molar-refractivity contribution in [2.45, 2.75) is 13.0 Å². The Morgan fingerprint density at radius 3 is 2.89 bits per heavy atom. The highest BCUT2D eigenvalue weighted by atomic mass is 79.9. The first kappa shape index (κ1) is 18.0. The van der Waals surface area contributed by atoms with Gasteiger partial charge in [0.05, 0.1) is 30.6 Å². The van der Waals surface area contributed by atoms with E-state index in [2.05, 4.69) is 36.3 Å². The fraction of sp³-hybridized carbons (Fsp3) is 0.111. The first-order valence-corrected chi connectivity index (χ1v) is 10.6.